The van der Waals surface area contributed by atoms with Gasteiger partial charge in [0.05, 0.1) is 6.34 Å². The fourth-order valence-electron chi connectivity index (χ4n) is 0.413. The van der Waals surface area contributed by atoms with Gasteiger partial charge in [-0.15, -0.1) is 0 Å². The van der Waals surface area contributed by atoms with Gasteiger partial charge in [0.2, 0.25) is 0 Å². The maximum absolute atomic E-state index is 6.82. The molecule has 0 aliphatic rings. The van der Waals surface area contributed by atoms with Gasteiger partial charge < -0.3 is 4.90 Å². The molecule has 2 heteroatoms. The van der Waals surface area contributed by atoms with E-state index >= 15 is 0 Å². The molecule has 0 saturated carbocycles. The number of nitrogens with zero attached hydrogens (tertiary/aromatic N) is 1. The maximum atomic E-state index is 6.82. The second-order valence-corrected chi connectivity index (χ2v) is 1.85. The topological polar surface area (TPSA) is 27.1 Å². The number of hydrogen-bond acceptors (Lipinski definition) is 1. The van der Waals surface area contributed by atoms with Gasteiger partial charge in [-0.05, 0) is 20.0 Å². The monoisotopic (exact) mass is 142 g/mol. The lowest BCUT2D eigenvalue weighted by atomic mass is 10.4. The highest BCUT2D eigenvalue weighted by atomic mass is 15.1. The third-order valence-electron chi connectivity index (χ3n) is 0.956. The molecule has 60 valence electrons. The van der Waals surface area contributed by atoms with Crippen molar-refractivity contribution in [1.82, 2.24) is 4.90 Å². The molecule has 0 fully saturated rings. The van der Waals surface area contributed by atoms with E-state index < -0.39 is 0 Å². The van der Waals surface area contributed by atoms with Crippen molar-refractivity contribution < 1.29 is 0 Å². The third-order valence-corrected chi connectivity index (χ3v) is 0.956. The molecule has 2 nitrogen and oxygen atoms in total. The molecule has 0 spiro atoms. The molecule has 0 aliphatic heterocycles. The summed E-state index contributed by atoms with van der Waals surface area (Å²) in [5.41, 5.74) is 0. The second kappa shape index (κ2) is 8.21. The van der Waals surface area contributed by atoms with Crippen LogP contribution >= 0.6 is 0 Å². The van der Waals surface area contributed by atoms with Gasteiger partial charge in [0.1, 0.15) is 0 Å². The average Bonchev–Trinajstić information content (AvgIpc) is 1.94. The number of rotatable bonds is 3. The molecule has 0 bridgehead atoms. The van der Waals surface area contributed by atoms with Gasteiger partial charge in [-0.2, -0.15) is 0 Å². The highest BCUT2D eigenvalue weighted by Gasteiger charge is 1.95. The summed E-state index contributed by atoms with van der Waals surface area (Å²) in [6.07, 6.45) is 2.90. The zero-order valence-electron chi connectivity index (χ0n) is 7.39. The Morgan fingerprint density at radius 2 is 1.80 bits per heavy atom. The van der Waals surface area contributed by atoms with Gasteiger partial charge >= 0.3 is 0 Å². The van der Waals surface area contributed by atoms with Gasteiger partial charge in [-0.3, -0.25) is 5.41 Å². The first-order valence-corrected chi connectivity index (χ1v) is 3.63. The van der Waals surface area contributed by atoms with Crippen LogP contribution in [0.3, 0.4) is 0 Å². The van der Waals surface area contributed by atoms with Crippen molar-refractivity contribution in [3.63, 3.8) is 0 Å². The lowest BCUT2D eigenvalue weighted by Gasteiger charge is -2.16. The first kappa shape index (κ1) is 11.9. The SMILES string of the molecule is C=CN(C=N)C(C)C.CC. The van der Waals surface area contributed by atoms with Gasteiger partial charge in [0.15, 0.2) is 0 Å². The maximum Gasteiger partial charge on any atom is 0.0859 e. The minimum absolute atomic E-state index is 0.352. The molecular weight excluding hydrogens is 124 g/mol. The van der Waals surface area contributed by atoms with Crippen LogP contribution in [0, 0.1) is 5.41 Å². The van der Waals surface area contributed by atoms with E-state index in [0.29, 0.717) is 6.04 Å². The van der Waals surface area contributed by atoms with Crippen LogP contribution in [-0.2, 0) is 0 Å². The molecule has 0 aromatic rings. The van der Waals surface area contributed by atoms with Crippen LogP contribution in [-0.4, -0.2) is 17.3 Å². The summed E-state index contributed by atoms with van der Waals surface area (Å²) in [7, 11) is 0. The zero-order valence-corrected chi connectivity index (χ0v) is 7.39. The van der Waals surface area contributed by atoms with Crippen molar-refractivity contribution >= 4 is 6.34 Å². The highest BCUT2D eigenvalue weighted by Crippen LogP contribution is 1.91. The quantitative estimate of drug-likeness (QED) is 0.475. The number of nitrogens with one attached hydrogen (secondary N) is 1. The Hall–Kier alpha value is -0.790. The van der Waals surface area contributed by atoms with Crippen LogP contribution in [0.2, 0.25) is 0 Å². The van der Waals surface area contributed by atoms with Gasteiger partial charge in [-0.1, -0.05) is 20.4 Å². The van der Waals surface area contributed by atoms with E-state index in [1.165, 1.54) is 6.34 Å². The van der Waals surface area contributed by atoms with E-state index in [9.17, 15) is 0 Å². The second-order valence-electron chi connectivity index (χ2n) is 1.85. The third kappa shape index (κ3) is 5.35. The summed E-state index contributed by atoms with van der Waals surface area (Å²) in [5, 5.41) is 6.82. The van der Waals surface area contributed by atoms with Crippen LogP contribution < -0.4 is 0 Å². The molecule has 0 aliphatic carbocycles. The van der Waals surface area contributed by atoms with E-state index in [1.807, 2.05) is 27.7 Å². The molecule has 0 rings (SSSR count). The van der Waals surface area contributed by atoms with E-state index in [0.717, 1.165) is 0 Å². The van der Waals surface area contributed by atoms with Crippen molar-refractivity contribution in [2.75, 3.05) is 0 Å². The lowest BCUT2D eigenvalue weighted by molar-refractivity contribution is 0.470. The first-order valence-electron chi connectivity index (χ1n) is 3.63. The van der Waals surface area contributed by atoms with E-state index in [4.69, 9.17) is 5.41 Å². The predicted molar refractivity (Wildman–Crippen MR) is 47.3 cm³/mol. The van der Waals surface area contributed by atoms with Crippen LogP contribution in [0.15, 0.2) is 12.8 Å². The molecule has 10 heavy (non-hydrogen) atoms. The van der Waals surface area contributed by atoms with Crippen LogP contribution in [0.5, 0.6) is 0 Å². The van der Waals surface area contributed by atoms with Crippen LogP contribution in [0.1, 0.15) is 27.7 Å². The van der Waals surface area contributed by atoms with E-state index in [2.05, 4.69) is 6.58 Å². The molecular formula is C8H18N2. The van der Waals surface area contributed by atoms with Crippen LogP contribution in [0.4, 0.5) is 0 Å². The first-order chi connectivity index (χ1) is 4.72. The molecule has 0 saturated heterocycles. The summed E-state index contributed by atoms with van der Waals surface area (Å²) in [6.45, 7) is 11.5. The van der Waals surface area contributed by atoms with Gasteiger partial charge in [0, 0.05) is 6.04 Å². The Morgan fingerprint density at radius 1 is 1.40 bits per heavy atom. The molecule has 0 atom stereocenters. The molecule has 0 heterocycles. The lowest BCUT2D eigenvalue weighted by Crippen LogP contribution is -2.22. The molecule has 0 radical (unpaired) electrons. The van der Waals surface area contributed by atoms with Crippen molar-refractivity contribution in [2.24, 2.45) is 0 Å². The van der Waals surface area contributed by atoms with E-state index in [1.54, 1.807) is 11.1 Å². The Labute approximate surface area is 64.1 Å². The molecule has 1 N–H and O–H groups in total. The molecule has 0 amide bonds. The summed E-state index contributed by atoms with van der Waals surface area (Å²) in [6, 6.07) is 0.352. The summed E-state index contributed by atoms with van der Waals surface area (Å²) < 4.78 is 0. The molecule has 0 aromatic heterocycles. The average molecular weight is 142 g/mol. The molecule has 0 unspecified atom stereocenters. The van der Waals surface area contributed by atoms with Crippen molar-refractivity contribution in [3.05, 3.63) is 12.8 Å². The highest BCUT2D eigenvalue weighted by molar-refractivity contribution is 5.52. The molecule has 0 aromatic carbocycles. The van der Waals surface area contributed by atoms with Gasteiger partial charge in [0.25, 0.3) is 0 Å². The fourth-order valence-corrected chi connectivity index (χ4v) is 0.413. The predicted octanol–water partition coefficient (Wildman–Crippen LogP) is 2.47. The van der Waals surface area contributed by atoms with Crippen molar-refractivity contribution in [2.45, 2.75) is 33.7 Å². The number of hydrogen-bond donors (Lipinski definition) is 1. The summed E-state index contributed by atoms with van der Waals surface area (Å²) in [4.78, 5) is 1.72. The largest absolute Gasteiger partial charge is 0.338 e. The van der Waals surface area contributed by atoms with Crippen molar-refractivity contribution in [1.29, 1.82) is 5.41 Å². The van der Waals surface area contributed by atoms with Crippen LogP contribution in [0.25, 0.3) is 0 Å². The summed E-state index contributed by atoms with van der Waals surface area (Å²) in [5.74, 6) is 0. The minimum atomic E-state index is 0.352. The summed E-state index contributed by atoms with van der Waals surface area (Å²) >= 11 is 0. The Bertz CT molecular complexity index is 79.3. The smallest absolute Gasteiger partial charge is 0.0859 e. The van der Waals surface area contributed by atoms with Crippen molar-refractivity contribution in [3.8, 4) is 0 Å². The van der Waals surface area contributed by atoms with Gasteiger partial charge in [-0.25, -0.2) is 0 Å². The normalized spacial score (nSPS) is 7.70. The Morgan fingerprint density at radius 3 is 1.80 bits per heavy atom. The fraction of sp³-hybridized carbons (Fsp3) is 0.625. The minimum Gasteiger partial charge on any atom is -0.338 e. The Balaban J connectivity index is 0. The Kier molecular flexibility index (Phi) is 9.80. The van der Waals surface area contributed by atoms with E-state index in [-0.39, 0.29) is 0 Å². The standard InChI is InChI=1S/C6H12N2.C2H6/c1-4-8(5-7)6(2)3;1-2/h4-7H,1H2,2-3H3;1-2H3. The zero-order chi connectivity index (χ0) is 8.57.